The van der Waals surface area contributed by atoms with Crippen molar-refractivity contribution in [2.24, 2.45) is 0 Å². The van der Waals surface area contributed by atoms with E-state index in [2.05, 4.69) is 15.2 Å². The molecule has 1 aromatic carbocycles. The predicted octanol–water partition coefficient (Wildman–Crippen LogP) is 3.92. The summed E-state index contributed by atoms with van der Waals surface area (Å²) in [4.78, 5) is 20.7. The van der Waals surface area contributed by atoms with Crippen LogP contribution in [0.25, 0.3) is 0 Å². The smallest absolute Gasteiger partial charge is 0.368 e. The number of nitrogens with one attached hydrogen (secondary N) is 1. The van der Waals surface area contributed by atoms with Crippen LogP contribution in [0.5, 0.6) is 0 Å². The number of carbonyl (C=O) groups is 1. The van der Waals surface area contributed by atoms with Gasteiger partial charge in [-0.05, 0) is 31.0 Å². The second-order valence-corrected chi connectivity index (χ2v) is 8.63. The molecule has 1 amide bonds. The number of amides is 1. The molecule has 6 nitrogen and oxygen atoms in total. The standard InChI is InChI=1S/C20H24F3N5OS/c21-20(22,23)15-6-3-7-16(12-15)27-8-10-28(11-9-27)17(29)13-30-19-24-18(25-26-19)14-4-1-2-5-14/h3,6-7,12,14H,1-2,4-5,8-11,13H2,(H,24,25,26). The molecule has 30 heavy (non-hydrogen) atoms. The van der Waals surface area contributed by atoms with Crippen molar-refractivity contribution >= 4 is 23.4 Å². The minimum atomic E-state index is -4.36. The van der Waals surface area contributed by atoms with E-state index in [1.807, 2.05) is 4.90 Å². The highest BCUT2D eigenvalue weighted by Gasteiger charge is 2.31. The molecule has 2 aromatic rings. The third-order valence-electron chi connectivity index (χ3n) is 5.72. The lowest BCUT2D eigenvalue weighted by Gasteiger charge is -2.36. The van der Waals surface area contributed by atoms with E-state index in [-0.39, 0.29) is 11.7 Å². The fraction of sp³-hybridized carbons (Fsp3) is 0.550. The first-order valence-electron chi connectivity index (χ1n) is 10.2. The highest BCUT2D eigenvalue weighted by atomic mass is 32.2. The lowest BCUT2D eigenvalue weighted by molar-refractivity contribution is -0.137. The molecule has 2 heterocycles. The van der Waals surface area contributed by atoms with E-state index in [1.54, 1.807) is 11.0 Å². The van der Waals surface area contributed by atoms with Gasteiger partial charge in [0.15, 0.2) is 0 Å². The maximum atomic E-state index is 12.9. The first-order valence-corrected chi connectivity index (χ1v) is 11.1. The van der Waals surface area contributed by atoms with Crippen LogP contribution in [-0.4, -0.2) is 57.9 Å². The highest BCUT2D eigenvalue weighted by Crippen LogP contribution is 2.33. The zero-order valence-corrected chi connectivity index (χ0v) is 17.3. The number of piperazine rings is 1. The van der Waals surface area contributed by atoms with Crippen LogP contribution in [0.1, 0.15) is 43.0 Å². The van der Waals surface area contributed by atoms with Gasteiger partial charge in [-0.1, -0.05) is 30.7 Å². The summed E-state index contributed by atoms with van der Waals surface area (Å²) in [5.74, 6) is 1.62. The molecular weight excluding hydrogens is 415 g/mol. The number of anilines is 1. The largest absolute Gasteiger partial charge is 0.416 e. The Hall–Kier alpha value is -2.23. The van der Waals surface area contributed by atoms with Crippen molar-refractivity contribution in [1.29, 1.82) is 0 Å². The van der Waals surface area contributed by atoms with Gasteiger partial charge in [0.25, 0.3) is 0 Å². The third kappa shape index (κ3) is 4.91. The van der Waals surface area contributed by atoms with E-state index in [1.165, 1.54) is 36.7 Å². The highest BCUT2D eigenvalue weighted by molar-refractivity contribution is 7.99. The number of carbonyl (C=O) groups excluding carboxylic acids is 1. The number of halogens is 3. The number of benzene rings is 1. The van der Waals surface area contributed by atoms with Crippen LogP contribution >= 0.6 is 11.8 Å². The van der Waals surface area contributed by atoms with Gasteiger partial charge in [0, 0.05) is 37.8 Å². The molecule has 1 saturated carbocycles. The van der Waals surface area contributed by atoms with Crippen LogP contribution in [0.4, 0.5) is 18.9 Å². The Bertz CT molecular complexity index is 873. The zero-order chi connectivity index (χ0) is 21.1. The molecular formula is C20H24F3N5OS. The summed E-state index contributed by atoms with van der Waals surface area (Å²) < 4.78 is 38.8. The second kappa shape index (κ2) is 8.87. The molecule has 1 N–H and O–H groups in total. The molecule has 2 fully saturated rings. The maximum absolute atomic E-state index is 12.9. The van der Waals surface area contributed by atoms with E-state index in [4.69, 9.17) is 0 Å². The normalized spacial score (nSPS) is 18.2. The molecule has 0 bridgehead atoms. The van der Waals surface area contributed by atoms with Gasteiger partial charge < -0.3 is 9.80 Å². The number of aromatic amines is 1. The van der Waals surface area contributed by atoms with Gasteiger partial charge in [0.05, 0.1) is 11.3 Å². The van der Waals surface area contributed by atoms with Crippen molar-refractivity contribution in [3.63, 3.8) is 0 Å². The fourth-order valence-electron chi connectivity index (χ4n) is 4.02. The summed E-state index contributed by atoms with van der Waals surface area (Å²) in [6.45, 7) is 1.97. The lowest BCUT2D eigenvalue weighted by atomic mass is 10.1. The number of H-pyrrole nitrogens is 1. The van der Waals surface area contributed by atoms with Gasteiger partial charge in [0.2, 0.25) is 11.1 Å². The Balaban J connectivity index is 1.26. The summed E-state index contributed by atoms with van der Waals surface area (Å²) in [6, 6.07) is 5.33. The van der Waals surface area contributed by atoms with Crippen LogP contribution in [0.3, 0.4) is 0 Å². The van der Waals surface area contributed by atoms with Crippen LogP contribution in [-0.2, 0) is 11.0 Å². The number of thioether (sulfide) groups is 1. The molecule has 0 spiro atoms. The molecule has 162 valence electrons. The molecule has 0 atom stereocenters. The van der Waals surface area contributed by atoms with E-state index < -0.39 is 11.7 Å². The summed E-state index contributed by atoms with van der Waals surface area (Å²) in [5.41, 5.74) is -0.121. The maximum Gasteiger partial charge on any atom is 0.416 e. The Kier molecular flexibility index (Phi) is 6.21. The number of hydrogen-bond acceptors (Lipinski definition) is 5. The lowest BCUT2D eigenvalue weighted by Crippen LogP contribution is -2.49. The molecule has 1 aliphatic carbocycles. The number of hydrogen-bond donors (Lipinski definition) is 1. The van der Waals surface area contributed by atoms with E-state index >= 15 is 0 Å². The summed E-state index contributed by atoms with van der Waals surface area (Å²) in [6.07, 6.45) is 0.351. The molecule has 0 unspecified atom stereocenters. The van der Waals surface area contributed by atoms with Gasteiger partial charge in [-0.2, -0.15) is 13.2 Å². The zero-order valence-electron chi connectivity index (χ0n) is 16.5. The van der Waals surface area contributed by atoms with Crippen molar-refractivity contribution < 1.29 is 18.0 Å². The van der Waals surface area contributed by atoms with Crippen molar-refractivity contribution in [2.45, 2.75) is 42.9 Å². The Morgan fingerprint density at radius 1 is 1.17 bits per heavy atom. The van der Waals surface area contributed by atoms with Crippen molar-refractivity contribution in [2.75, 3.05) is 36.8 Å². The molecule has 1 aromatic heterocycles. The van der Waals surface area contributed by atoms with Crippen LogP contribution < -0.4 is 4.90 Å². The van der Waals surface area contributed by atoms with Crippen molar-refractivity contribution in [3.05, 3.63) is 35.7 Å². The van der Waals surface area contributed by atoms with Gasteiger partial charge in [-0.15, -0.1) is 5.10 Å². The SMILES string of the molecule is O=C(CSc1n[nH]c(C2CCCC2)n1)N1CCN(c2cccc(C(F)(F)F)c2)CC1. The quantitative estimate of drug-likeness (QED) is 0.716. The molecule has 4 rings (SSSR count). The number of alkyl halides is 3. The fourth-order valence-corrected chi connectivity index (χ4v) is 4.72. The summed E-state index contributed by atoms with van der Waals surface area (Å²) in [7, 11) is 0. The van der Waals surface area contributed by atoms with E-state index in [0.717, 1.165) is 24.7 Å². The van der Waals surface area contributed by atoms with Gasteiger partial charge in [0.1, 0.15) is 5.82 Å². The minimum absolute atomic E-state index is 0.00379. The topological polar surface area (TPSA) is 65.1 Å². The van der Waals surface area contributed by atoms with Crippen molar-refractivity contribution in [3.8, 4) is 0 Å². The van der Waals surface area contributed by atoms with Crippen molar-refractivity contribution in [1.82, 2.24) is 20.1 Å². The minimum Gasteiger partial charge on any atom is -0.368 e. The first kappa shape index (κ1) is 21.0. The third-order valence-corrected chi connectivity index (χ3v) is 6.55. The van der Waals surface area contributed by atoms with Gasteiger partial charge >= 0.3 is 6.18 Å². The van der Waals surface area contributed by atoms with Gasteiger partial charge in [-0.25, -0.2) is 4.98 Å². The molecule has 0 radical (unpaired) electrons. The average molecular weight is 440 g/mol. The Morgan fingerprint density at radius 3 is 2.60 bits per heavy atom. The molecule has 10 heteroatoms. The number of rotatable bonds is 5. The molecule has 1 saturated heterocycles. The van der Waals surface area contributed by atoms with Crippen LogP contribution in [0.2, 0.25) is 0 Å². The van der Waals surface area contributed by atoms with E-state index in [9.17, 15) is 18.0 Å². The van der Waals surface area contributed by atoms with Crippen LogP contribution in [0.15, 0.2) is 29.4 Å². The first-order chi connectivity index (χ1) is 14.4. The average Bonchev–Trinajstić information content (AvgIpc) is 3.43. The Labute approximate surface area is 177 Å². The summed E-state index contributed by atoms with van der Waals surface area (Å²) in [5, 5.41) is 7.80. The summed E-state index contributed by atoms with van der Waals surface area (Å²) >= 11 is 1.32. The monoisotopic (exact) mass is 439 g/mol. The molecule has 1 aliphatic heterocycles. The molecule has 2 aliphatic rings. The van der Waals surface area contributed by atoms with E-state index in [0.29, 0.717) is 42.9 Å². The van der Waals surface area contributed by atoms with Gasteiger partial charge in [-0.3, -0.25) is 9.89 Å². The Morgan fingerprint density at radius 2 is 1.90 bits per heavy atom. The number of aromatic nitrogens is 3. The predicted molar refractivity (Wildman–Crippen MR) is 109 cm³/mol. The van der Waals surface area contributed by atoms with Crippen LogP contribution in [0, 0.1) is 0 Å². The second-order valence-electron chi connectivity index (χ2n) is 7.69. The number of nitrogens with zero attached hydrogens (tertiary/aromatic N) is 4.